The monoisotopic (exact) mass is 1090 g/mol. The molecule has 10 rings (SSSR count). The number of H-pyrrole nitrogens is 1. The number of anilines is 2. The zero-order valence-electron chi connectivity index (χ0n) is 44.4. The number of sulfonamides is 1. The maximum atomic E-state index is 14.9. The molecule has 4 aromatic heterocycles. The van der Waals surface area contributed by atoms with Gasteiger partial charge in [-0.05, 0) is 110 Å². The summed E-state index contributed by atoms with van der Waals surface area (Å²) in [5, 5.41) is 25.7. The van der Waals surface area contributed by atoms with Crippen LogP contribution < -0.4 is 29.1 Å². The van der Waals surface area contributed by atoms with Crippen molar-refractivity contribution in [2.75, 3.05) is 63.7 Å². The molecule has 4 aliphatic rings. The Morgan fingerprint density at radius 3 is 2.44 bits per heavy atom. The van der Waals surface area contributed by atoms with Crippen LogP contribution in [0.15, 0.2) is 84.0 Å². The summed E-state index contributed by atoms with van der Waals surface area (Å²) in [6.07, 6.45) is 8.53. The molecule has 2 saturated carbocycles. The number of nitro groups is 1. The van der Waals surface area contributed by atoms with Gasteiger partial charge in [0.2, 0.25) is 17.6 Å². The van der Waals surface area contributed by atoms with E-state index in [0.29, 0.717) is 69.5 Å². The summed E-state index contributed by atoms with van der Waals surface area (Å²) in [6, 6.07) is 19.5. The topological polar surface area (TPSA) is 231 Å². The Hall–Kier alpha value is -7.01. The van der Waals surface area contributed by atoms with Gasteiger partial charge in [-0.1, -0.05) is 38.1 Å². The molecule has 2 aromatic carbocycles. The van der Waals surface area contributed by atoms with Crippen LogP contribution in [0.1, 0.15) is 111 Å². The van der Waals surface area contributed by atoms with Gasteiger partial charge in [-0.3, -0.25) is 24.7 Å². The number of halogens is 2. The Morgan fingerprint density at radius 1 is 0.962 bits per heavy atom. The lowest BCUT2D eigenvalue weighted by atomic mass is 9.59. The Bertz CT molecular complexity index is 3320. The van der Waals surface area contributed by atoms with Crippen LogP contribution in [0, 0.1) is 33.2 Å². The molecular formula is C56H66F2N10O9S. The van der Waals surface area contributed by atoms with Crippen LogP contribution in [-0.4, -0.2) is 119 Å². The average Bonchev–Trinajstić information content (AvgIpc) is 3.83. The number of pyridine rings is 3. The number of aromatic nitrogens is 4. The first-order valence-corrected chi connectivity index (χ1v) is 28.0. The lowest BCUT2D eigenvalue weighted by molar-refractivity contribution is -0.384. The molecule has 4 N–H and O–H groups in total. The van der Waals surface area contributed by atoms with E-state index < -0.39 is 48.8 Å². The van der Waals surface area contributed by atoms with E-state index in [1.807, 2.05) is 4.72 Å². The van der Waals surface area contributed by atoms with Gasteiger partial charge in [-0.15, -0.1) is 0 Å². The molecule has 19 nitrogen and oxygen atoms in total. The number of hydrogen-bond acceptors (Lipinski definition) is 16. The molecule has 2 aliphatic heterocycles. The van der Waals surface area contributed by atoms with Crippen molar-refractivity contribution in [3.05, 3.63) is 123 Å². The second kappa shape index (κ2) is 22.0. The summed E-state index contributed by atoms with van der Waals surface area (Å²) in [5.74, 6) is -1.84. The number of methoxy groups -OCH3 is 2. The third kappa shape index (κ3) is 11.6. The number of hydrogen-bond donors (Lipinski definition) is 4. The van der Waals surface area contributed by atoms with Gasteiger partial charge >= 0.3 is 5.69 Å². The number of benzene rings is 2. The van der Waals surface area contributed by atoms with Crippen molar-refractivity contribution in [2.45, 2.75) is 107 Å². The number of fused-ring (bicyclic) bond motifs is 1. The van der Waals surface area contributed by atoms with E-state index in [-0.39, 0.29) is 63.0 Å². The fourth-order valence-corrected chi connectivity index (χ4v) is 12.9. The summed E-state index contributed by atoms with van der Waals surface area (Å²) in [5.41, 5.74) is 2.90. The highest BCUT2D eigenvalue weighted by Crippen LogP contribution is 2.53. The van der Waals surface area contributed by atoms with E-state index in [1.54, 1.807) is 25.1 Å². The first-order valence-electron chi connectivity index (χ1n) is 26.5. The highest BCUT2D eigenvalue weighted by Gasteiger charge is 2.50. The lowest BCUT2D eigenvalue weighted by Gasteiger charge is -2.58. The molecule has 78 heavy (non-hydrogen) atoms. The normalized spacial score (nSPS) is 21.1. The van der Waals surface area contributed by atoms with Gasteiger partial charge in [0.1, 0.15) is 22.1 Å². The summed E-state index contributed by atoms with van der Waals surface area (Å²) in [6.45, 7) is 11.0. The van der Waals surface area contributed by atoms with Gasteiger partial charge in [-0.25, -0.2) is 22.5 Å². The third-order valence-electron chi connectivity index (χ3n) is 16.4. The predicted octanol–water partition coefficient (Wildman–Crippen LogP) is 9.25. The molecule has 0 radical (unpaired) electrons. The number of piperidine rings is 1. The largest absolute Gasteiger partial charge is 0.481 e. The van der Waals surface area contributed by atoms with Gasteiger partial charge in [0.15, 0.2) is 5.75 Å². The number of aromatic amines is 1. The van der Waals surface area contributed by atoms with Gasteiger partial charge in [0.05, 0.1) is 41.9 Å². The summed E-state index contributed by atoms with van der Waals surface area (Å²) in [7, 11) is -1.91. The van der Waals surface area contributed by atoms with Crippen LogP contribution in [0.3, 0.4) is 0 Å². The molecule has 1 atom stereocenters. The smallest absolute Gasteiger partial charge is 0.312 e. The van der Waals surface area contributed by atoms with Gasteiger partial charge in [0.25, 0.3) is 21.8 Å². The van der Waals surface area contributed by atoms with Crippen LogP contribution in [0.25, 0.3) is 11.0 Å². The van der Waals surface area contributed by atoms with E-state index in [2.05, 4.69) is 78.1 Å². The Labute approximate surface area is 451 Å². The van der Waals surface area contributed by atoms with Crippen molar-refractivity contribution in [3.8, 4) is 23.3 Å². The van der Waals surface area contributed by atoms with Crippen molar-refractivity contribution >= 4 is 44.2 Å². The Balaban J connectivity index is 0.858. The molecule has 2 aliphatic carbocycles. The average molecular weight is 1090 g/mol. The van der Waals surface area contributed by atoms with Crippen LogP contribution in [0.2, 0.25) is 0 Å². The molecule has 6 heterocycles. The molecule has 0 bridgehead atoms. The number of carbonyl (C=O) groups is 1. The Kier molecular flexibility index (Phi) is 15.3. The fraction of sp³-hybridized carbons (Fsp3) is 0.464. The lowest BCUT2D eigenvalue weighted by Crippen LogP contribution is -2.60. The standard InChI is InChI=1S/C56H66F2N10O9S/c1-34(2)40-8-6-7-9-41(40)46-33-65(32-36-22-49(58)62-50(23-36)75-4)20-21-67(46)38-27-56(28-38)16-18-66(19-17-56)37-10-11-42(47(24-37)77-48-26-43-44(57)31-61-51(43)63-54(48)76-5)53(69)64-78(73,74)39-25-45(68(71)72)52(60-30-39)59-29-35-12-14-55(3,70)15-13-35/h6-11,22-26,30-31,34-35,38,46,70H,12-21,27-29,32-33H2,1-5H3,(H,59,60)(H,61,63)(H,64,69)/t35?,46-,55?/m0/s1. The second-order valence-corrected chi connectivity index (χ2v) is 23.7. The number of aliphatic hydroxyl groups is 1. The van der Waals surface area contributed by atoms with Crippen molar-refractivity contribution in [2.24, 2.45) is 11.3 Å². The van der Waals surface area contributed by atoms with Gasteiger partial charge in [0, 0.05) is 94.0 Å². The highest BCUT2D eigenvalue weighted by molar-refractivity contribution is 7.90. The number of nitrogens with zero attached hydrogens (tertiary/aromatic N) is 7. The zero-order valence-corrected chi connectivity index (χ0v) is 45.2. The van der Waals surface area contributed by atoms with Crippen LogP contribution in [-0.2, 0) is 16.6 Å². The van der Waals surface area contributed by atoms with Crippen LogP contribution in [0.4, 0.5) is 26.0 Å². The first kappa shape index (κ1) is 54.3. The maximum absolute atomic E-state index is 14.9. The molecule has 6 aromatic rings. The van der Waals surface area contributed by atoms with E-state index in [1.165, 1.54) is 43.5 Å². The molecule has 1 amide bonds. The minimum absolute atomic E-state index is 0.0308. The van der Waals surface area contributed by atoms with E-state index in [9.17, 15) is 37.2 Å². The van der Waals surface area contributed by atoms with Crippen molar-refractivity contribution in [1.82, 2.24) is 34.5 Å². The summed E-state index contributed by atoms with van der Waals surface area (Å²) >= 11 is 0. The van der Waals surface area contributed by atoms with Gasteiger partial charge in [-0.2, -0.15) is 14.4 Å². The molecule has 414 valence electrons. The van der Waals surface area contributed by atoms with E-state index in [4.69, 9.17) is 14.2 Å². The quantitative estimate of drug-likeness (QED) is 0.0379. The van der Waals surface area contributed by atoms with E-state index >= 15 is 0 Å². The molecule has 0 unspecified atom stereocenters. The zero-order chi connectivity index (χ0) is 55.1. The fourth-order valence-electron chi connectivity index (χ4n) is 12.0. The van der Waals surface area contributed by atoms with Crippen molar-refractivity contribution in [1.29, 1.82) is 0 Å². The number of amides is 1. The summed E-state index contributed by atoms with van der Waals surface area (Å²) < 4.78 is 76.4. The Morgan fingerprint density at radius 2 is 1.72 bits per heavy atom. The second-order valence-electron chi connectivity index (χ2n) is 22.0. The summed E-state index contributed by atoms with van der Waals surface area (Å²) in [4.78, 5) is 47.4. The first-order chi connectivity index (χ1) is 37.3. The maximum Gasteiger partial charge on any atom is 0.312 e. The number of piperazine rings is 1. The van der Waals surface area contributed by atoms with Gasteiger partial charge < -0.3 is 34.5 Å². The number of carbonyl (C=O) groups excluding carboxylic acids is 1. The molecular weight excluding hydrogens is 1030 g/mol. The predicted molar refractivity (Wildman–Crippen MR) is 289 cm³/mol. The molecule has 22 heteroatoms. The number of ether oxygens (including phenoxy) is 3. The highest BCUT2D eigenvalue weighted by atomic mass is 32.2. The molecule has 2 saturated heterocycles. The number of nitrogens with one attached hydrogen (secondary N) is 3. The van der Waals surface area contributed by atoms with Crippen LogP contribution in [0.5, 0.6) is 23.3 Å². The van der Waals surface area contributed by atoms with E-state index in [0.717, 1.165) is 69.3 Å². The number of rotatable bonds is 17. The van der Waals surface area contributed by atoms with Crippen molar-refractivity contribution in [3.63, 3.8) is 0 Å². The third-order valence-corrected chi connectivity index (χ3v) is 17.7. The van der Waals surface area contributed by atoms with Crippen molar-refractivity contribution < 1.29 is 46.2 Å². The minimum atomic E-state index is -4.76. The molecule has 4 fully saturated rings. The minimum Gasteiger partial charge on any atom is -0.481 e. The van der Waals surface area contributed by atoms with Crippen LogP contribution >= 0.6 is 0 Å². The SMILES string of the molecule is COc1cc(CN2CCN(C3CC4(CCN(c5ccc(C(=O)NS(=O)(=O)c6cnc(NCC7CCC(C)(O)CC7)c([N+](=O)[O-])c6)c(Oc6cc7c(F)c[nH]c7nc6OC)c5)CC4)C3)[C@H](c3ccccc3C(C)C)C2)cc(F)n1. The molecule has 1 spiro atoms.